The summed E-state index contributed by atoms with van der Waals surface area (Å²) in [4.78, 5) is 29.1. The number of rotatable bonds is 6. The lowest BCUT2D eigenvalue weighted by Crippen LogP contribution is -2.32. The average molecular weight is 435 g/mol. The van der Waals surface area contributed by atoms with Crippen molar-refractivity contribution in [3.63, 3.8) is 0 Å². The minimum absolute atomic E-state index is 0.282. The highest BCUT2D eigenvalue weighted by molar-refractivity contribution is 8.04. The van der Waals surface area contributed by atoms with Gasteiger partial charge in [-0.25, -0.2) is 4.90 Å². The number of thioether (sulfide) groups is 1. The van der Waals surface area contributed by atoms with E-state index >= 15 is 0 Å². The van der Waals surface area contributed by atoms with Crippen LogP contribution in [0.4, 0.5) is 11.4 Å². The zero-order valence-corrected chi connectivity index (χ0v) is 17.8. The van der Waals surface area contributed by atoms with E-state index in [0.29, 0.717) is 15.6 Å². The number of anilines is 2. The van der Waals surface area contributed by atoms with E-state index in [9.17, 15) is 9.59 Å². The number of hydrogen-bond donors (Lipinski definition) is 1. The Kier molecular flexibility index (Phi) is 5.93. The Hall–Kier alpha value is -3.02. The lowest BCUT2D eigenvalue weighted by molar-refractivity contribution is -0.120. The van der Waals surface area contributed by atoms with Crippen LogP contribution in [0.3, 0.4) is 0 Å². The number of carbonyl (C=O) groups excluding carboxylic acids is 2. The van der Waals surface area contributed by atoms with Gasteiger partial charge in [0, 0.05) is 15.6 Å². The number of carbonyl (C=O) groups is 2. The number of aryl methyl sites for hydroxylation is 1. The SMILES string of the molecule is CCc1ccccc1NC1=C(Sc2ccccc2)C(=O)N(c2ccc(Cl)cc2)C1=O. The first-order valence-electron chi connectivity index (χ1n) is 9.55. The number of nitrogens with one attached hydrogen (secondary N) is 1. The molecular formula is C24H19ClN2O2S. The van der Waals surface area contributed by atoms with Crippen molar-refractivity contribution < 1.29 is 9.59 Å². The summed E-state index contributed by atoms with van der Waals surface area (Å²) in [5, 5.41) is 3.78. The van der Waals surface area contributed by atoms with Crippen LogP contribution in [-0.4, -0.2) is 11.8 Å². The van der Waals surface area contributed by atoms with Gasteiger partial charge >= 0.3 is 0 Å². The van der Waals surface area contributed by atoms with Crippen molar-refractivity contribution in [3.05, 3.63) is 100 Å². The van der Waals surface area contributed by atoms with Crippen LogP contribution in [0.2, 0.25) is 5.02 Å². The third-order valence-corrected chi connectivity index (χ3v) is 6.09. The van der Waals surface area contributed by atoms with Gasteiger partial charge in [-0.05, 0) is 54.4 Å². The predicted molar refractivity (Wildman–Crippen MR) is 123 cm³/mol. The first-order chi connectivity index (χ1) is 14.6. The molecule has 0 aliphatic carbocycles. The fraction of sp³-hybridized carbons (Fsp3) is 0.0833. The molecule has 0 saturated carbocycles. The number of halogens is 1. The van der Waals surface area contributed by atoms with Crippen LogP contribution in [0.15, 0.2) is 94.4 Å². The van der Waals surface area contributed by atoms with E-state index in [1.165, 1.54) is 16.7 Å². The van der Waals surface area contributed by atoms with Crippen LogP contribution in [0.25, 0.3) is 0 Å². The highest BCUT2D eigenvalue weighted by atomic mass is 35.5. The van der Waals surface area contributed by atoms with Crippen LogP contribution in [0.1, 0.15) is 12.5 Å². The van der Waals surface area contributed by atoms with E-state index in [1.807, 2.05) is 54.6 Å². The molecule has 4 rings (SSSR count). The Morgan fingerprint density at radius 1 is 0.867 bits per heavy atom. The van der Waals surface area contributed by atoms with E-state index < -0.39 is 0 Å². The highest BCUT2D eigenvalue weighted by Crippen LogP contribution is 2.38. The van der Waals surface area contributed by atoms with Crippen molar-refractivity contribution in [1.82, 2.24) is 0 Å². The summed E-state index contributed by atoms with van der Waals surface area (Å²) in [7, 11) is 0. The first-order valence-corrected chi connectivity index (χ1v) is 10.7. The molecule has 4 nitrogen and oxygen atoms in total. The maximum atomic E-state index is 13.3. The second kappa shape index (κ2) is 8.78. The molecule has 0 unspecified atom stereocenters. The normalized spacial score (nSPS) is 13.9. The van der Waals surface area contributed by atoms with Crippen LogP contribution >= 0.6 is 23.4 Å². The topological polar surface area (TPSA) is 49.4 Å². The molecule has 1 aliphatic heterocycles. The molecule has 0 fully saturated rings. The molecule has 0 atom stereocenters. The van der Waals surface area contributed by atoms with Gasteiger partial charge < -0.3 is 5.32 Å². The minimum Gasteiger partial charge on any atom is -0.350 e. The summed E-state index contributed by atoms with van der Waals surface area (Å²) in [5.41, 5.74) is 2.66. The van der Waals surface area contributed by atoms with Gasteiger partial charge in [0.05, 0.1) is 5.69 Å². The number of amides is 2. The van der Waals surface area contributed by atoms with Gasteiger partial charge in [-0.15, -0.1) is 0 Å². The Bertz CT molecular complexity index is 1130. The van der Waals surface area contributed by atoms with Gasteiger partial charge in [0.25, 0.3) is 11.8 Å². The molecule has 1 N–H and O–H groups in total. The Balaban J connectivity index is 1.76. The first kappa shape index (κ1) is 20.3. The number of benzene rings is 3. The lowest BCUT2D eigenvalue weighted by Gasteiger charge is -2.16. The quantitative estimate of drug-likeness (QED) is 0.491. The second-order valence-corrected chi connectivity index (χ2v) is 8.20. The highest BCUT2D eigenvalue weighted by Gasteiger charge is 2.40. The van der Waals surface area contributed by atoms with Crippen LogP contribution in [0, 0.1) is 0 Å². The molecule has 6 heteroatoms. The molecule has 30 heavy (non-hydrogen) atoms. The molecule has 0 spiro atoms. The fourth-order valence-electron chi connectivity index (χ4n) is 3.23. The van der Waals surface area contributed by atoms with Gasteiger partial charge in [0.1, 0.15) is 10.6 Å². The van der Waals surface area contributed by atoms with E-state index in [1.54, 1.807) is 24.3 Å². The number of imide groups is 1. The van der Waals surface area contributed by atoms with Gasteiger partial charge in [-0.1, -0.05) is 66.7 Å². The number of hydrogen-bond acceptors (Lipinski definition) is 4. The number of para-hydroxylation sites is 1. The third kappa shape index (κ3) is 3.99. The molecule has 2 amide bonds. The van der Waals surface area contributed by atoms with Crippen LogP contribution < -0.4 is 10.2 Å². The summed E-state index contributed by atoms with van der Waals surface area (Å²) < 4.78 is 0. The monoisotopic (exact) mass is 434 g/mol. The Morgan fingerprint density at radius 3 is 2.23 bits per heavy atom. The van der Waals surface area contributed by atoms with E-state index in [-0.39, 0.29) is 17.5 Å². The zero-order chi connectivity index (χ0) is 21.1. The molecule has 3 aromatic rings. The zero-order valence-electron chi connectivity index (χ0n) is 16.3. The van der Waals surface area contributed by atoms with Crippen molar-refractivity contribution in [2.75, 3.05) is 10.2 Å². The van der Waals surface area contributed by atoms with Gasteiger partial charge in [0.15, 0.2) is 0 Å². The Morgan fingerprint density at radius 2 is 1.53 bits per heavy atom. The summed E-state index contributed by atoms with van der Waals surface area (Å²) in [6.07, 6.45) is 0.806. The van der Waals surface area contributed by atoms with E-state index in [0.717, 1.165) is 22.6 Å². The van der Waals surface area contributed by atoms with E-state index in [2.05, 4.69) is 12.2 Å². The summed E-state index contributed by atoms with van der Waals surface area (Å²) in [6.45, 7) is 2.05. The van der Waals surface area contributed by atoms with Crippen molar-refractivity contribution in [1.29, 1.82) is 0 Å². The molecule has 1 aliphatic rings. The van der Waals surface area contributed by atoms with Crippen LogP contribution in [0.5, 0.6) is 0 Å². The maximum Gasteiger partial charge on any atom is 0.283 e. The minimum atomic E-state index is -0.383. The molecule has 1 heterocycles. The summed E-state index contributed by atoms with van der Waals surface area (Å²) in [5.74, 6) is -0.737. The van der Waals surface area contributed by atoms with Crippen molar-refractivity contribution in [2.24, 2.45) is 0 Å². The van der Waals surface area contributed by atoms with Gasteiger partial charge in [-0.2, -0.15) is 0 Å². The smallest absolute Gasteiger partial charge is 0.283 e. The van der Waals surface area contributed by atoms with Gasteiger partial charge in [0.2, 0.25) is 0 Å². The van der Waals surface area contributed by atoms with Crippen molar-refractivity contribution >= 4 is 46.6 Å². The Labute approximate surface area is 184 Å². The van der Waals surface area contributed by atoms with Crippen molar-refractivity contribution in [3.8, 4) is 0 Å². The third-order valence-electron chi connectivity index (χ3n) is 4.75. The molecule has 150 valence electrons. The molecule has 0 bridgehead atoms. The second-order valence-electron chi connectivity index (χ2n) is 6.68. The molecule has 3 aromatic carbocycles. The molecule has 0 aromatic heterocycles. The average Bonchev–Trinajstić information content (AvgIpc) is 2.99. The van der Waals surface area contributed by atoms with Gasteiger partial charge in [-0.3, -0.25) is 9.59 Å². The van der Waals surface area contributed by atoms with Crippen LogP contribution in [-0.2, 0) is 16.0 Å². The standard InChI is InChI=1S/C24H19ClN2O2S/c1-2-16-8-6-7-11-20(16)26-21-22(30-19-9-4-3-5-10-19)24(29)27(23(21)28)18-14-12-17(25)13-15-18/h3-15,26H,2H2,1H3. The predicted octanol–water partition coefficient (Wildman–Crippen LogP) is 5.89. The van der Waals surface area contributed by atoms with Crippen molar-refractivity contribution in [2.45, 2.75) is 18.2 Å². The fourth-order valence-corrected chi connectivity index (χ4v) is 4.30. The maximum absolute atomic E-state index is 13.3. The lowest BCUT2D eigenvalue weighted by atomic mass is 10.1. The number of nitrogens with zero attached hydrogens (tertiary/aromatic N) is 1. The van der Waals surface area contributed by atoms with E-state index in [4.69, 9.17) is 11.6 Å². The molecule has 0 saturated heterocycles. The molecular weight excluding hydrogens is 416 g/mol. The summed E-state index contributed by atoms with van der Waals surface area (Å²) in [6, 6.07) is 24.0. The summed E-state index contributed by atoms with van der Waals surface area (Å²) >= 11 is 7.27. The molecule has 0 radical (unpaired) electrons. The largest absolute Gasteiger partial charge is 0.350 e.